The number of amides is 2. The fraction of sp³-hybridized carbons (Fsp3) is 0.500. The van der Waals surface area contributed by atoms with Gasteiger partial charge in [-0.25, -0.2) is 14.8 Å². The first-order valence-electron chi connectivity index (χ1n) is 15.8. The highest BCUT2D eigenvalue weighted by Crippen LogP contribution is 2.39. The number of carbonyl (C=O) groups excluding carboxylic acids is 1. The average Bonchev–Trinajstić information content (AvgIpc) is 3.46. The number of H-pyrrole nitrogens is 1. The molecule has 1 aliphatic heterocycles. The molecule has 2 amide bonds. The van der Waals surface area contributed by atoms with Gasteiger partial charge in [-0.05, 0) is 68.5 Å². The summed E-state index contributed by atoms with van der Waals surface area (Å²) in [6, 6.07) is 15.0. The quantitative estimate of drug-likeness (QED) is 0.309. The fourth-order valence-corrected chi connectivity index (χ4v) is 6.79. The average molecular weight is 553 g/mol. The Balaban J connectivity index is 1.35. The number of anilines is 3. The maximum absolute atomic E-state index is 14.7. The van der Waals surface area contributed by atoms with Crippen LogP contribution in [-0.2, 0) is 6.42 Å². The van der Waals surface area contributed by atoms with Crippen LogP contribution in [0.1, 0.15) is 94.0 Å². The number of hydrazone groups is 1. The Labute approximate surface area is 244 Å². The molecular formula is C34H44N6O. The second kappa shape index (κ2) is 12.9. The van der Waals surface area contributed by atoms with Gasteiger partial charge in [-0.1, -0.05) is 63.5 Å². The second-order valence-corrected chi connectivity index (χ2v) is 12.1. The van der Waals surface area contributed by atoms with Gasteiger partial charge in [0.2, 0.25) is 0 Å². The van der Waals surface area contributed by atoms with E-state index in [0.29, 0.717) is 5.92 Å². The number of urea groups is 1. The highest BCUT2D eigenvalue weighted by Gasteiger charge is 2.37. The molecule has 216 valence electrons. The zero-order valence-corrected chi connectivity index (χ0v) is 24.4. The van der Waals surface area contributed by atoms with Crippen LogP contribution in [-0.4, -0.2) is 39.3 Å². The van der Waals surface area contributed by atoms with Gasteiger partial charge >= 0.3 is 6.03 Å². The number of aromatic amines is 1. The smallest absolute Gasteiger partial charge is 0.349 e. The monoisotopic (exact) mass is 552 g/mol. The molecule has 2 saturated carbocycles. The predicted molar refractivity (Wildman–Crippen MR) is 167 cm³/mol. The summed E-state index contributed by atoms with van der Waals surface area (Å²) in [5.74, 6) is 1.37. The van der Waals surface area contributed by atoms with Gasteiger partial charge in [-0.3, -0.25) is 4.90 Å². The van der Waals surface area contributed by atoms with Crippen LogP contribution in [0.25, 0.3) is 0 Å². The molecule has 2 aromatic carbocycles. The summed E-state index contributed by atoms with van der Waals surface area (Å²) >= 11 is 0. The van der Waals surface area contributed by atoms with Gasteiger partial charge in [0, 0.05) is 42.5 Å². The molecule has 2 heterocycles. The van der Waals surface area contributed by atoms with Crippen molar-refractivity contribution in [2.45, 2.75) is 96.4 Å². The summed E-state index contributed by atoms with van der Waals surface area (Å²) in [7, 11) is 0. The molecule has 2 N–H and O–H groups in total. The summed E-state index contributed by atoms with van der Waals surface area (Å²) in [5.41, 5.74) is 6.27. The maximum atomic E-state index is 14.7. The van der Waals surface area contributed by atoms with Crippen molar-refractivity contribution in [1.82, 2.24) is 15.0 Å². The number of benzene rings is 2. The van der Waals surface area contributed by atoms with Gasteiger partial charge in [0.05, 0.1) is 23.1 Å². The highest BCUT2D eigenvalue weighted by atomic mass is 16.2. The number of fused-ring (bicyclic) bond motifs is 1. The molecule has 0 saturated heterocycles. The first kappa shape index (κ1) is 27.6. The van der Waals surface area contributed by atoms with Crippen LogP contribution >= 0.6 is 0 Å². The van der Waals surface area contributed by atoms with Crippen LogP contribution in [0.15, 0.2) is 60.0 Å². The van der Waals surface area contributed by atoms with E-state index >= 15 is 0 Å². The van der Waals surface area contributed by atoms with E-state index in [1.807, 2.05) is 16.1 Å². The lowest BCUT2D eigenvalue weighted by atomic mass is 9.82. The van der Waals surface area contributed by atoms with E-state index in [1.165, 1.54) is 38.5 Å². The van der Waals surface area contributed by atoms with Gasteiger partial charge in [0.25, 0.3) is 0 Å². The fourth-order valence-electron chi connectivity index (χ4n) is 6.79. The SMILES string of the molecule is Cc1ccc2c(c1)N(c1ccc(NCCc3ncc[nH]3)cc1)C(=O)N(C1CCCCCCC1)N=C2C1CCCCC1. The number of rotatable bonds is 7. The van der Waals surface area contributed by atoms with Crippen molar-refractivity contribution < 1.29 is 4.79 Å². The number of hydrogen-bond acceptors (Lipinski definition) is 4. The van der Waals surface area contributed by atoms with Crippen molar-refractivity contribution in [2.75, 3.05) is 16.8 Å². The lowest BCUT2D eigenvalue weighted by Crippen LogP contribution is -2.43. The molecule has 41 heavy (non-hydrogen) atoms. The van der Waals surface area contributed by atoms with Gasteiger partial charge < -0.3 is 10.3 Å². The van der Waals surface area contributed by atoms with E-state index in [0.717, 1.165) is 91.2 Å². The molecule has 7 heteroatoms. The number of hydrogen-bond donors (Lipinski definition) is 2. The number of nitrogens with zero attached hydrogens (tertiary/aromatic N) is 4. The van der Waals surface area contributed by atoms with Gasteiger partial charge in [-0.2, -0.15) is 5.10 Å². The molecule has 3 aliphatic rings. The van der Waals surface area contributed by atoms with E-state index in [2.05, 4.69) is 64.7 Å². The molecular weight excluding hydrogens is 508 g/mol. The van der Waals surface area contributed by atoms with Crippen molar-refractivity contribution >= 4 is 28.8 Å². The third-order valence-corrected chi connectivity index (χ3v) is 9.06. The summed E-state index contributed by atoms with van der Waals surface area (Å²) in [5, 5.41) is 10.7. The third-order valence-electron chi connectivity index (χ3n) is 9.06. The Morgan fingerprint density at radius 2 is 1.61 bits per heavy atom. The number of aromatic nitrogens is 2. The Bertz CT molecular complexity index is 1320. The summed E-state index contributed by atoms with van der Waals surface area (Å²) in [6.07, 6.45) is 18.7. The van der Waals surface area contributed by atoms with E-state index < -0.39 is 0 Å². The van der Waals surface area contributed by atoms with E-state index in [4.69, 9.17) is 5.10 Å². The molecule has 0 unspecified atom stereocenters. The van der Waals surface area contributed by atoms with Crippen molar-refractivity contribution in [2.24, 2.45) is 11.0 Å². The zero-order valence-electron chi connectivity index (χ0n) is 24.4. The topological polar surface area (TPSA) is 76.6 Å². The molecule has 1 aromatic heterocycles. The van der Waals surface area contributed by atoms with E-state index in [9.17, 15) is 4.79 Å². The van der Waals surface area contributed by atoms with Gasteiger partial charge in [-0.15, -0.1) is 0 Å². The summed E-state index contributed by atoms with van der Waals surface area (Å²) < 4.78 is 0. The van der Waals surface area contributed by atoms with Crippen LogP contribution in [0.3, 0.4) is 0 Å². The minimum absolute atomic E-state index is 0.0215. The Morgan fingerprint density at radius 1 is 0.902 bits per heavy atom. The molecule has 0 spiro atoms. The Kier molecular flexibility index (Phi) is 8.68. The summed E-state index contributed by atoms with van der Waals surface area (Å²) in [4.78, 5) is 24.1. The lowest BCUT2D eigenvalue weighted by Gasteiger charge is -2.33. The second-order valence-electron chi connectivity index (χ2n) is 12.1. The normalized spacial score (nSPS) is 19.2. The number of carbonyl (C=O) groups is 1. The standard InChI is InChI=1S/C34H44N6O/c1-25-14-19-30-31(24-25)39(28-17-15-27(16-18-28)35-21-20-32-36-22-23-37-32)34(41)40(29-12-8-3-2-4-9-13-29)38-33(30)26-10-6-5-7-11-26/h14-19,22-24,26,29,35H,2-13,20-21H2,1H3,(H,36,37). The van der Waals surface area contributed by atoms with Crippen LogP contribution in [0.2, 0.25) is 0 Å². The van der Waals surface area contributed by atoms with Gasteiger partial charge in [0.15, 0.2) is 0 Å². The Hall–Kier alpha value is -3.61. The lowest BCUT2D eigenvalue weighted by molar-refractivity contribution is 0.172. The van der Waals surface area contributed by atoms with Crippen LogP contribution in [0, 0.1) is 12.8 Å². The number of aryl methyl sites for hydroxylation is 1. The minimum atomic E-state index is -0.0215. The number of nitrogens with one attached hydrogen (secondary N) is 2. The molecule has 2 aliphatic carbocycles. The van der Waals surface area contributed by atoms with Crippen molar-refractivity contribution in [3.05, 3.63) is 71.8 Å². The molecule has 0 radical (unpaired) electrons. The van der Waals surface area contributed by atoms with Crippen LogP contribution in [0.5, 0.6) is 0 Å². The molecule has 2 fully saturated rings. The number of imidazole rings is 1. The molecule has 0 atom stereocenters. The highest BCUT2D eigenvalue weighted by molar-refractivity contribution is 6.14. The molecule has 0 bridgehead atoms. The summed E-state index contributed by atoms with van der Waals surface area (Å²) in [6.45, 7) is 2.90. The van der Waals surface area contributed by atoms with E-state index in [-0.39, 0.29) is 12.1 Å². The van der Waals surface area contributed by atoms with Gasteiger partial charge in [0.1, 0.15) is 5.82 Å². The van der Waals surface area contributed by atoms with Crippen LogP contribution in [0.4, 0.5) is 21.9 Å². The molecule has 6 rings (SSSR count). The molecule has 7 nitrogen and oxygen atoms in total. The Morgan fingerprint density at radius 3 is 2.34 bits per heavy atom. The molecule has 3 aromatic rings. The first-order chi connectivity index (χ1) is 20.2. The van der Waals surface area contributed by atoms with E-state index in [1.54, 1.807) is 6.20 Å². The van der Waals surface area contributed by atoms with Crippen molar-refractivity contribution in [3.63, 3.8) is 0 Å². The first-order valence-corrected chi connectivity index (χ1v) is 15.8. The van der Waals surface area contributed by atoms with Crippen molar-refractivity contribution in [3.8, 4) is 0 Å². The predicted octanol–water partition coefficient (Wildman–Crippen LogP) is 8.34. The maximum Gasteiger partial charge on any atom is 0.349 e. The zero-order chi connectivity index (χ0) is 28.0. The van der Waals surface area contributed by atoms with Crippen LogP contribution < -0.4 is 10.2 Å². The van der Waals surface area contributed by atoms with Crippen molar-refractivity contribution in [1.29, 1.82) is 0 Å². The largest absolute Gasteiger partial charge is 0.385 e. The minimum Gasteiger partial charge on any atom is -0.385 e. The third kappa shape index (κ3) is 6.34.